The Kier molecular flexibility index (Phi) is 4.49. The van der Waals surface area contributed by atoms with Gasteiger partial charge in [0.05, 0.1) is 11.4 Å². The molecule has 8 heteroatoms. The lowest BCUT2D eigenvalue weighted by Crippen LogP contribution is -2.02. The van der Waals surface area contributed by atoms with Crippen molar-refractivity contribution in [2.75, 3.05) is 0 Å². The molecule has 0 saturated carbocycles. The molecule has 2 heterocycles. The average molecular weight is 363 g/mol. The van der Waals surface area contributed by atoms with E-state index in [4.69, 9.17) is 0 Å². The van der Waals surface area contributed by atoms with E-state index in [0.29, 0.717) is 5.75 Å². The van der Waals surface area contributed by atoms with E-state index < -0.39 is 0 Å². The van der Waals surface area contributed by atoms with Gasteiger partial charge in [0.1, 0.15) is 0 Å². The Morgan fingerprint density at radius 1 is 0.923 bits per heavy atom. The summed E-state index contributed by atoms with van der Waals surface area (Å²) in [7, 11) is 1.98. The van der Waals surface area contributed by atoms with Gasteiger partial charge in [-0.25, -0.2) is 0 Å². The predicted molar refractivity (Wildman–Crippen MR) is 99.9 cm³/mol. The molecule has 0 radical (unpaired) electrons. The molecule has 130 valence electrons. The van der Waals surface area contributed by atoms with Gasteiger partial charge in [-0.2, -0.15) is 4.68 Å². The van der Waals surface area contributed by atoms with Crippen LogP contribution in [-0.4, -0.2) is 35.0 Å². The highest BCUT2D eigenvalue weighted by Gasteiger charge is 2.15. The van der Waals surface area contributed by atoms with Crippen LogP contribution in [0.25, 0.3) is 17.1 Å². The largest absolute Gasteiger partial charge is 0.305 e. The second-order valence-electron chi connectivity index (χ2n) is 5.81. The topological polar surface area (TPSA) is 74.3 Å². The number of hydrogen-bond acceptors (Lipinski definition) is 6. The zero-order chi connectivity index (χ0) is 17.9. The van der Waals surface area contributed by atoms with Gasteiger partial charge >= 0.3 is 0 Å². The van der Waals surface area contributed by atoms with Gasteiger partial charge in [-0.15, -0.1) is 15.3 Å². The fourth-order valence-electron chi connectivity index (χ4n) is 2.69. The molecule has 2 aromatic carbocycles. The number of rotatable bonds is 5. The molecule has 4 aromatic rings. The number of tetrazole rings is 1. The van der Waals surface area contributed by atoms with Gasteiger partial charge < -0.3 is 4.57 Å². The summed E-state index contributed by atoms with van der Waals surface area (Å²) in [4.78, 5) is 0. The standard InChI is InChI=1S/C18H17N7S/c1-13-8-6-7-11-15(13)17-20-21-18(24(17)2)26-12-16-19-22-23-25(16)14-9-4-3-5-10-14/h3-11H,12H2,1-2H3. The van der Waals surface area contributed by atoms with Gasteiger partial charge in [-0.05, 0) is 35.0 Å². The van der Waals surface area contributed by atoms with Crippen LogP contribution in [0, 0.1) is 6.92 Å². The molecular weight excluding hydrogens is 346 g/mol. The molecule has 2 aromatic heterocycles. The summed E-state index contributed by atoms with van der Waals surface area (Å²) < 4.78 is 3.75. The molecule has 0 amide bonds. The molecule has 0 bridgehead atoms. The first-order valence-electron chi connectivity index (χ1n) is 8.15. The number of thioether (sulfide) groups is 1. The highest BCUT2D eigenvalue weighted by atomic mass is 32.2. The van der Waals surface area contributed by atoms with Crippen molar-refractivity contribution in [2.45, 2.75) is 17.8 Å². The summed E-state index contributed by atoms with van der Waals surface area (Å²) in [5, 5.41) is 21.5. The van der Waals surface area contributed by atoms with E-state index in [-0.39, 0.29) is 0 Å². The molecule has 0 fully saturated rings. The zero-order valence-electron chi connectivity index (χ0n) is 14.4. The van der Waals surface area contributed by atoms with E-state index in [0.717, 1.165) is 28.1 Å². The Balaban J connectivity index is 1.56. The number of aryl methyl sites for hydroxylation is 1. The first-order chi connectivity index (χ1) is 12.7. The fourth-order valence-corrected chi connectivity index (χ4v) is 3.51. The van der Waals surface area contributed by atoms with Gasteiger partial charge in [0.2, 0.25) is 0 Å². The van der Waals surface area contributed by atoms with Gasteiger partial charge in [0.15, 0.2) is 16.8 Å². The second kappa shape index (κ2) is 7.09. The van der Waals surface area contributed by atoms with Gasteiger partial charge in [0.25, 0.3) is 0 Å². The molecule has 7 nitrogen and oxygen atoms in total. The molecule has 4 rings (SSSR count). The van der Waals surface area contributed by atoms with E-state index >= 15 is 0 Å². The molecule has 0 spiro atoms. The second-order valence-corrected chi connectivity index (χ2v) is 6.75. The minimum atomic E-state index is 0.599. The third kappa shape index (κ3) is 3.11. The average Bonchev–Trinajstić information content (AvgIpc) is 3.28. The highest BCUT2D eigenvalue weighted by Crippen LogP contribution is 2.26. The van der Waals surface area contributed by atoms with Crippen LogP contribution in [-0.2, 0) is 12.8 Å². The van der Waals surface area contributed by atoms with Crippen molar-refractivity contribution in [2.24, 2.45) is 7.05 Å². The molecular formula is C18H17N7S. The summed E-state index contributed by atoms with van der Waals surface area (Å²) >= 11 is 1.56. The van der Waals surface area contributed by atoms with Crippen LogP contribution in [0.5, 0.6) is 0 Å². The van der Waals surface area contributed by atoms with Crippen LogP contribution in [0.1, 0.15) is 11.4 Å². The predicted octanol–water partition coefficient (Wildman–Crippen LogP) is 3.06. The number of hydrogen-bond donors (Lipinski definition) is 0. The Morgan fingerprint density at radius 3 is 2.50 bits per heavy atom. The van der Waals surface area contributed by atoms with Crippen LogP contribution < -0.4 is 0 Å². The maximum atomic E-state index is 4.36. The number of aromatic nitrogens is 7. The maximum Gasteiger partial charge on any atom is 0.191 e. The number of benzene rings is 2. The quantitative estimate of drug-likeness (QED) is 0.507. The van der Waals surface area contributed by atoms with E-state index in [1.165, 1.54) is 5.56 Å². The summed E-state index contributed by atoms with van der Waals surface area (Å²) in [6.07, 6.45) is 0. The van der Waals surface area contributed by atoms with Crippen molar-refractivity contribution < 1.29 is 0 Å². The molecule has 26 heavy (non-hydrogen) atoms. The maximum absolute atomic E-state index is 4.36. The molecule has 0 aliphatic carbocycles. The Labute approximate surface area is 155 Å². The summed E-state index contributed by atoms with van der Waals surface area (Å²) in [5.74, 6) is 2.22. The van der Waals surface area contributed by atoms with Crippen LogP contribution >= 0.6 is 11.8 Å². The Bertz CT molecular complexity index is 1020. The minimum Gasteiger partial charge on any atom is -0.305 e. The lowest BCUT2D eigenvalue weighted by atomic mass is 10.1. The third-order valence-corrected chi connectivity index (χ3v) is 5.10. The van der Waals surface area contributed by atoms with Gasteiger partial charge in [-0.3, -0.25) is 0 Å². The SMILES string of the molecule is Cc1ccccc1-c1nnc(SCc2nnnn2-c2ccccc2)n1C. The van der Waals surface area contributed by atoms with Crippen LogP contribution in [0.15, 0.2) is 59.8 Å². The van der Waals surface area contributed by atoms with Gasteiger partial charge in [-0.1, -0.05) is 54.2 Å². The first-order valence-corrected chi connectivity index (χ1v) is 9.13. The fraction of sp³-hybridized carbons (Fsp3) is 0.167. The summed E-state index contributed by atoms with van der Waals surface area (Å²) in [6, 6.07) is 18.0. The molecule has 0 aliphatic rings. The Hall–Kier alpha value is -3.00. The Morgan fingerprint density at radius 2 is 1.69 bits per heavy atom. The number of nitrogens with zero attached hydrogens (tertiary/aromatic N) is 7. The van der Waals surface area contributed by atoms with E-state index in [1.54, 1.807) is 16.4 Å². The molecule has 0 aliphatic heterocycles. The molecule has 0 atom stereocenters. The van der Waals surface area contributed by atoms with E-state index in [1.807, 2.05) is 54.1 Å². The minimum absolute atomic E-state index is 0.599. The first kappa shape index (κ1) is 16.5. The summed E-state index contributed by atoms with van der Waals surface area (Å²) in [6.45, 7) is 2.07. The van der Waals surface area contributed by atoms with E-state index in [9.17, 15) is 0 Å². The smallest absolute Gasteiger partial charge is 0.191 e. The monoisotopic (exact) mass is 363 g/mol. The molecule has 0 N–H and O–H groups in total. The molecule has 0 unspecified atom stereocenters. The van der Waals surface area contributed by atoms with Crippen molar-refractivity contribution in [1.82, 2.24) is 35.0 Å². The van der Waals surface area contributed by atoms with Crippen LogP contribution in [0.2, 0.25) is 0 Å². The van der Waals surface area contributed by atoms with Crippen LogP contribution in [0.4, 0.5) is 0 Å². The lowest BCUT2D eigenvalue weighted by molar-refractivity contribution is 0.774. The zero-order valence-corrected chi connectivity index (χ0v) is 15.3. The van der Waals surface area contributed by atoms with Crippen LogP contribution in [0.3, 0.4) is 0 Å². The summed E-state index contributed by atoms with van der Waals surface area (Å²) in [5.41, 5.74) is 3.20. The van der Waals surface area contributed by atoms with Crippen molar-refractivity contribution in [3.8, 4) is 17.1 Å². The normalized spacial score (nSPS) is 11.0. The van der Waals surface area contributed by atoms with Crippen molar-refractivity contribution in [3.63, 3.8) is 0 Å². The molecule has 0 saturated heterocycles. The number of para-hydroxylation sites is 1. The van der Waals surface area contributed by atoms with Gasteiger partial charge in [0, 0.05) is 12.6 Å². The van der Waals surface area contributed by atoms with E-state index in [2.05, 4.69) is 44.8 Å². The van der Waals surface area contributed by atoms with Crippen molar-refractivity contribution in [3.05, 3.63) is 66.0 Å². The van der Waals surface area contributed by atoms with Crippen molar-refractivity contribution in [1.29, 1.82) is 0 Å². The van der Waals surface area contributed by atoms with Crippen molar-refractivity contribution >= 4 is 11.8 Å². The highest BCUT2D eigenvalue weighted by molar-refractivity contribution is 7.98. The third-order valence-electron chi connectivity index (χ3n) is 4.09. The lowest BCUT2D eigenvalue weighted by Gasteiger charge is -2.06.